The van der Waals surface area contributed by atoms with E-state index < -0.39 is 0 Å². The van der Waals surface area contributed by atoms with Gasteiger partial charge in [-0.3, -0.25) is 4.90 Å². The summed E-state index contributed by atoms with van der Waals surface area (Å²) >= 11 is 0. The first kappa shape index (κ1) is 6.58. The maximum atomic E-state index is 5.22. The molecule has 2 rings (SSSR count). The van der Waals surface area contributed by atoms with E-state index >= 15 is 0 Å². The number of ether oxygens (including phenoxy) is 2. The Kier molecular flexibility index (Phi) is 1.88. The first-order valence-corrected chi connectivity index (χ1v) is 3.87. The molecule has 2 aliphatic rings. The highest BCUT2D eigenvalue weighted by Gasteiger charge is 2.25. The van der Waals surface area contributed by atoms with Crippen LogP contribution in [0.2, 0.25) is 0 Å². The first-order valence-electron chi connectivity index (χ1n) is 3.87. The Hall–Kier alpha value is -0.120. The van der Waals surface area contributed by atoms with Gasteiger partial charge in [-0.2, -0.15) is 0 Å². The van der Waals surface area contributed by atoms with Gasteiger partial charge in [0.25, 0.3) is 0 Å². The number of rotatable bonds is 2. The Morgan fingerprint density at radius 3 is 2.60 bits per heavy atom. The van der Waals surface area contributed by atoms with Gasteiger partial charge in [0.2, 0.25) is 0 Å². The van der Waals surface area contributed by atoms with Gasteiger partial charge < -0.3 is 9.47 Å². The smallest absolute Gasteiger partial charge is 0.0936 e. The molecule has 1 atom stereocenters. The van der Waals surface area contributed by atoms with Crippen LogP contribution < -0.4 is 0 Å². The molecule has 0 aliphatic carbocycles. The van der Waals surface area contributed by atoms with Crippen LogP contribution in [0.25, 0.3) is 0 Å². The highest BCUT2D eigenvalue weighted by atomic mass is 16.6. The third-order valence-electron chi connectivity index (χ3n) is 1.97. The molecular weight excluding hydrogens is 130 g/mol. The monoisotopic (exact) mass is 143 g/mol. The van der Waals surface area contributed by atoms with Crippen LogP contribution >= 0.6 is 0 Å². The van der Waals surface area contributed by atoms with Crippen LogP contribution in [0.5, 0.6) is 0 Å². The van der Waals surface area contributed by atoms with Gasteiger partial charge in [0.05, 0.1) is 25.9 Å². The molecule has 1 unspecified atom stereocenters. The van der Waals surface area contributed by atoms with Crippen LogP contribution in [-0.2, 0) is 9.47 Å². The summed E-state index contributed by atoms with van der Waals surface area (Å²) < 4.78 is 10.3. The van der Waals surface area contributed by atoms with E-state index in [1.807, 2.05) is 0 Å². The number of hydrogen-bond acceptors (Lipinski definition) is 3. The van der Waals surface area contributed by atoms with Gasteiger partial charge in [-0.15, -0.1) is 0 Å². The van der Waals surface area contributed by atoms with E-state index in [4.69, 9.17) is 9.47 Å². The van der Waals surface area contributed by atoms with Crippen LogP contribution in [0.15, 0.2) is 0 Å². The molecule has 2 saturated heterocycles. The number of nitrogens with zero attached hydrogens (tertiary/aromatic N) is 1. The molecule has 0 bridgehead atoms. The fourth-order valence-electron chi connectivity index (χ4n) is 1.25. The second-order valence-electron chi connectivity index (χ2n) is 2.87. The molecular formula is C7H13NO2. The van der Waals surface area contributed by atoms with Gasteiger partial charge in [-0.1, -0.05) is 0 Å². The predicted octanol–water partition coefficient (Wildman–Crippen LogP) is -0.283. The standard InChI is InChI=1S/C7H13NO2/c1-3-9-4-2-8(1)5-7-6-10-7/h7H,1-6H2. The van der Waals surface area contributed by atoms with Gasteiger partial charge in [0.1, 0.15) is 0 Å². The molecule has 0 spiro atoms. The van der Waals surface area contributed by atoms with E-state index in [9.17, 15) is 0 Å². The van der Waals surface area contributed by atoms with Crippen molar-refractivity contribution in [3.8, 4) is 0 Å². The average Bonchev–Trinajstić information content (AvgIpc) is 2.74. The molecule has 3 nitrogen and oxygen atoms in total. The highest BCUT2D eigenvalue weighted by Crippen LogP contribution is 2.11. The lowest BCUT2D eigenvalue weighted by Crippen LogP contribution is -2.38. The van der Waals surface area contributed by atoms with Crippen LogP contribution in [0.3, 0.4) is 0 Å². The summed E-state index contributed by atoms with van der Waals surface area (Å²) in [4.78, 5) is 2.40. The molecule has 2 aliphatic heterocycles. The van der Waals surface area contributed by atoms with Crippen molar-refractivity contribution in [3.05, 3.63) is 0 Å². The lowest BCUT2D eigenvalue weighted by Gasteiger charge is -2.25. The van der Waals surface area contributed by atoms with Gasteiger partial charge in [-0.25, -0.2) is 0 Å². The van der Waals surface area contributed by atoms with Crippen molar-refractivity contribution < 1.29 is 9.47 Å². The van der Waals surface area contributed by atoms with Crippen LogP contribution in [-0.4, -0.2) is 50.5 Å². The van der Waals surface area contributed by atoms with Crippen molar-refractivity contribution >= 4 is 0 Å². The maximum absolute atomic E-state index is 5.22. The Morgan fingerprint density at radius 1 is 1.30 bits per heavy atom. The van der Waals surface area contributed by atoms with E-state index in [0.717, 1.165) is 39.5 Å². The summed E-state index contributed by atoms with van der Waals surface area (Å²) in [6.07, 6.45) is 0.540. The minimum absolute atomic E-state index is 0.540. The molecule has 0 radical (unpaired) electrons. The Morgan fingerprint density at radius 2 is 2.00 bits per heavy atom. The topological polar surface area (TPSA) is 25.0 Å². The molecule has 0 aromatic carbocycles. The van der Waals surface area contributed by atoms with Crippen molar-refractivity contribution in [2.75, 3.05) is 39.5 Å². The minimum Gasteiger partial charge on any atom is -0.379 e. The largest absolute Gasteiger partial charge is 0.379 e. The summed E-state index contributed by atoms with van der Waals surface area (Å²) in [6, 6.07) is 0. The molecule has 0 aromatic heterocycles. The Labute approximate surface area is 60.9 Å². The SMILES string of the molecule is C1CN(CC2CO2)CCO1. The zero-order valence-corrected chi connectivity index (χ0v) is 6.08. The van der Waals surface area contributed by atoms with Crippen molar-refractivity contribution in [2.24, 2.45) is 0 Å². The quantitative estimate of drug-likeness (QED) is 0.497. The summed E-state index contributed by atoms with van der Waals surface area (Å²) in [5.74, 6) is 0. The number of epoxide rings is 1. The molecule has 2 fully saturated rings. The van der Waals surface area contributed by atoms with Crippen molar-refractivity contribution in [1.29, 1.82) is 0 Å². The zero-order chi connectivity index (χ0) is 6.81. The van der Waals surface area contributed by atoms with E-state index in [1.165, 1.54) is 0 Å². The van der Waals surface area contributed by atoms with E-state index in [1.54, 1.807) is 0 Å². The summed E-state index contributed by atoms with van der Waals surface area (Å²) in [5.41, 5.74) is 0. The summed E-state index contributed by atoms with van der Waals surface area (Å²) in [7, 11) is 0. The summed E-state index contributed by atoms with van der Waals surface area (Å²) in [5, 5.41) is 0. The third kappa shape index (κ3) is 1.68. The van der Waals surface area contributed by atoms with Crippen LogP contribution in [0.4, 0.5) is 0 Å². The first-order chi connectivity index (χ1) is 4.95. The minimum atomic E-state index is 0.540. The van der Waals surface area contributed by atoms with Crippen molar-refractivity contribution in [2.45, 2.75) is 6.10 Å². The van der Waals surface area contributed by atoms with Gasteiger partial charge >= 0.3 is 0 Å². The van der Waals surface area contributed by atoms with Gasteiger partial charge in [0, 0.05) is 19.6 Å². The molecule has 0 saturated carbocycles. The lowest BCUT2D eigenvalue weighted by atomic mass is 10.3. The predicted molar refractivity (Wildman–Crippen MR) is 37.0 cm³/mol. The molecule has 10 heavy (non-hydrogen) atoms. The molecule has 0 N–H and O–H groups in total. The molecule has 0 aromatic rings. The molecule has 3 heteroatoms. The average molecular weight is 143 g/mol. The van der Waals surface area contributed by atoms with Crippen molar-refractivity contribution in [1.82, 2.24) is 4.90 Å². The third-order valence-corrected chi connectivity index (χ3v) is 1.97. The number of hydrogen-bond donors (Lipinski definition) is 0. The molecule has 2 heterocycles. The lowest BCUT2D eigenvalue weighted by molar-refractivity contribution is 0.0349. The van der Waals surface area contributed by atoms with Crippen LogP contribution in [0, 0.1) is 0 Å². The molecule has 0 amide bonds. The fourth-order valence-corrected chi connectivity index (χ4v) is 1.25. The maximum Gasteiger partial charge on any atom is 0.0936 e. The van der Waals surface area contributed by atoms with E-state index in [-0.39, 0.29) is 0 Å². The van der Waals surface area contributed by atoms with Gasteiger partial charge in [-0.05, 0) is 0 Å². The molecule has 58 valence electrons. The fraction of sp³-hybridized carbons (Fsp3) is 1.00. The second-order valence-corrected chi connectivity index (χ2v) is 2.87. The zero-order valence-electron chi connectivity index (χ0n) is 6.08. The Bertz CT molecular complexity index is 108. The van der Waals surface area contributed by atoms with Gasteiger partial charge in [0.15, 0.2) is 0 Å². The highest BCUT2D eigenvalue weighted by molar-refractivity contribution is 4.75. The summed E-state index contributed by atoms with van der Waals surface area (Å²) in [6.45, 7) is 6.04. The van der Waals surface area contributed by atoms with E-state index in [0.29, 0.717) is 6.10 Å². The van der Waals surface area contributed by atoms with Crippen molar-refractivity contribution in [3.63, 3.8) is 0 Å². The Balaban J connectivity index is 1.69. The van der Waals surface area contributed by atoms with Crippen LogP contribution in [0.1, 0.15) is 0 Å². The number of morpholine rings is 1. The van der Waals surface area contributed by atoms with E-state index in [2.05, 4.69) is 4.90 Å². The second kappa shape index (κ2) is 2.86. The normalized spacial score (nSPS) is 34.2.